The summed E-state index contributed by atoms with van der Waals surface area (Å²) < 4.78 is 0. The first-order chi connectivity index (χ1) is 5.77. The molecular weight excluding hydrogens is 149 g/mol. The SMILES string of the molecule is [B]CC(=O)c1ccc(C#N)cc1. The number of benzene rings is 1. The molecular formula is C9H6BNO. The molecule has 1 aromatic rings. The van der Waals surface area contributed by atoms with Gasteiger partial charge in [0.1, 0.15) is 0 Å². The summed E-state index contributed by atoms with van der Waals surface area (Å²) in [6.45, 7) is 0. The van der Waals surface area contributed by atoms with Gasteiger partial charge in [0, 0.05) is 5.56 Å². The summed E-state index contributed by atoms with van der Waals surface area (Å²) in [6, 6.07) is 8.38. The van der Waals surface area contributed by atoms with Crippen LogP contribution in [-0.2, 0) is 0 Å². The van der Waals surface area contributed by atoms with E-state index in [-0.39, 0.29) is 12.1 Å². The van der Waals surface area contributed by atoms with Crippen LogP contribution in [0.15, 0.2) is 24.3 Å². The van der Waals surface area contributed by atoms with Gasteiger partial charge in [0.05, 0.1) is 19.5 Å². The minimum absolute atomic E-state index is 0.00585. The highest BCUT2D eigenvalue weighted by Crippen LogP contribution is 2.05. The van der Waals surface area contributed by atoms with E-state index >= 15 is 0 Å². The van der Waals surface area contributed by atoms with E-state index in [1.807, 2.05) is 6.07 Å². The molecule has 12 heavy (non-hydrogen) atoms. The number of rotatable bonds is 2. The molecule has 2 nitrogen and oxygen atoms in total. The second-order valence-corrected chi connectivity index (χ2v) is 2.32. The second kappa shape index (κ2) is 3.73. The molecule has 0 aliphatic heterocycles. The quantitative estimate of drug-likeness (QED) is 0.477. The minimum Gasteiger partial charge on any atom is -0.295 e. The molecule has 0 spiro atoms. The topological polar surface area (TPSA) is 40.9 Å². The summed E-state index contributed by atoms with van der Waals surface area (Å²) in [6.07, 6.45) is 0.00585. The van der Waals surface area contributed by atoms with Crippen molar-refractivity contribution in [2.75, 3.05) is 0 Å². The van der Waals surface area contributed by atoms with Crippen LogP contribution in [0.5, 0.6) is 0 Å². The van der Waals surface area contributed by atoms with Crippen LogP contribution >= 0.6 is 0 Å². The van der Waals surface area contributed by atoms with E-state index in [1.165, 1.54) is 0 Å². The number of nitriles is 1. The first-order valence-corrected chi connectivity index (χ1v) is 3.51. The lowest BCUT2D eigenvalue weighted by Crippen LogP contribution is -1.96. The highest BCUT2D eigenvalue weighted by molar-refractivity contribution is 6.23. The lowest BCUT2D eigenvalue weighted by Gasteiger charge is -1.95. The van der Waals surface area contributed by atoms with Gasteiger partial charge in [-0.3, -0.25) is 4.79 Å². The Morgan fingerprint density at radius 3 is 2.42 bits per heavy atom. The first-order valence-electron chi connectivity index (χ1n) is 3.51. The summed E-state index contributed by atoms with van der Waals surface area (Å²) in [7, 11) is 5.16. The minimum atomic E-state index is -0.112. The number of carbonyl (C=O) groups is 1. The molecule has 0 N–H and O–H groups in total. The Morgan fingerprint density at radius 2 is 2.00 bits per heavy atom. The zero-order chi connectivity index (χ0) is 8.97. The van der Waals surface area contributed by atoms with Crippen molar-refractivity contribution in [3.63, 3.8) is 0 Å². The maximum atomic E-state index is 11.0. The Kier molecular flexibility index (Phi) is 2.65. The monoisotopic (exact) mass is 155 g/mol. The number of hydrogen-bond acceptors (Lipinski definition) is 2. The van der Waals surface area contributed by atoms with Crippen molar-refractivity contribution in [2.45, 2.75) is 6.32 Å². The average molecular weight is 155 g/mol. The van der Waals surface area contributed by atoms with Gasteiger partial charge in [-0.25, -0.2) is 0 Å². The van der Waals surface area contributed by atoms with Crippen molar-refractivity contribution in [3.8, 4) is 6.07 Å². The van der Waals surface area contributed by atoms with Crippen LogP contribution < -0.4 is 0 Å². The van der Waals surface area contributed by atoms with Crippen LogP contribution in [-0.4, -0.2) is 13.6 Å². The number of carbonyl (C=O) groups excluding carboxylic acids is 1. The Hall–Kier alpha value is -1.56. The third-order valence-electron chi connectivity index (χ3n) is 1.52. The van der Waals surface area contributed by atoms with E-state index in [9.17, 15) is 4.79 Å². The van der Waals surface area contributed by atoms with E-state index in [1.54, 1.807) is 24.3 Å². The van der Waals surface area contributed by atoms with Crippen LogP contribution in [0.1, 0.15) is 15.9 Å². The molecule has 0 aromatic heterocycles. The van der Waals surface area contributed by atoms with Crippen molar-refractivity contribution in [1.82, 2.24) is 0 Å². The number of nitrogens with zero attached hydrogens (tertiary/aromatic N) is 1. The Morgan fingerprint density at radius 1 is 1.42 bits per heavy atom. The van der Waals surface area contributed by atoms with Gasteiger partial charge in [-0.1, -0.05) is 12.1 Å². The average Bonchev–Trinajstić information content (AvgIpc) is 2.17. The molecule has 0 saturated carbocycles. The third-order valence-corrected chi connectivity index (χ3v) is 1.52. The highest BCUT2D eigenvalue weighted by atomic mass is 16.1. The van der Waals surface area contributed by atoms with Crippen LogP contribution in [0.4, 0.5) is 0 Å². The summed E-state index contributed by atoms with van der Waals surface area (Å²) in [5.74, 6) is -0.112. The largest absolute Gasteiger partial charge is 0.295 e. The van der Waals surface area contributed by atoms with Crippen LogP contribution in [0, 0.1) is 11.3 Å². The van der Waals surface area contributed by atoms with Crippen molar-refractivity contribution in [1.29, 1.82) is 5.26 Å². The molecule has 0 heterocycles. The van der Waals surface area contributed by atoms with E-state index in [0.29, 0.717) is 11.1 Å². The van der Waals surface area contributed by atoms with Crippen LogP contribution in [0.2, 0.25) is 6.32 Å². The highest BCUT2D eigenvalue weighted by Gasteiger charge is 2.00. The molecule has 0 saturated heterocycles. The normalized spacial score (nSPS) is 8.92. The van der Waals surface area contributed by atoms with Crippen LogP contribution in [0.25, 0.3) is 0 Å². The molecule has 56 valence electrons. The fourth-order valence-corrected chi connectivity index (χ4v) is 0.849. The molecule has 1 rings (SSSR count). The zero-order valence-electron chi connectivity index (χ0n) is 6.45. The van der Waals surface area contributed by atoms with E-state index in [2.05, 4.69) is 0 Å². The smallest absolute Gasteiger partial charge is 0.154 e. The van der Waals surface area contributed by atoms with Gasteiger partial charge in [0.2, 0.25) is 0 Å². The first kappa shape index (κ1) is 8.54. The standard InChI is InChI=1S/C9H6BNO/c10-5-9(12)8-3-1-7(6-11)2-4-8/h1-4H,5H2. The molecule has 0 unspecified atom stereocenters. The van der Waals surface area contributed by atoms with E-state index < -0.39 is 0 Å². The Bertz CT molecular complexity index is 323. The van der Waals surface area contributed by atoms with E-state index in [4.69, 9.17) is 13.1 Å². The van der Waals surface area contributed by atoms with Crippen molar-refractivity contribution < 1.29 is 4.79 Å². The molecule has 0 amide bonds. The second-order valence-electron chi connectivity index (χ2n) is 2.32. The molecule has 0 bridgehead atoms. The number of hydrogen-bond donors (Lipinski definition) is 0. The van der Waals surface area contributed by atoms with Crippen molar-refractivity contribution >= 4 is 13.6 Å². The van der Waals surface area contributed by atoms with Crippen molar-refractivity contribution in [2.24, 2.45) is 0 Å². The molecule has 2 radical (unpaired) electrons. The molecule has 0 fully saturated rings. The molecule has 0 atom stereocenters. The van der Waals surface area contributed by atoms with Gasteiger partial charge in [-0.05, 0) is 18.5 Å². The predicted molar refractivity (Wildman–Crippen MR) is 46.0 cm³/mol. The van der Waals surface area contributed by atoms with Gasteiger partial charge >= 0.3 is 0 Å². The van der Waals surface area contributed by atoms with Gasteiger partial charge in [0.15, 0.2) is 5.78 Å². The zero-order valence-corrected chi connectivity index (χ0v) is 6.45. The van der Waals surface area contributed by atoms with Gasteiger partial charge in [-0.15, -0.1) is 0 Å². The molecule has 1 aromatic carbocycles. The maximum Gasteiger partial charge on any atom is 0.154 e. The maximum absolute atomic E-state index is 11.0. The Labute approximate surface area is 72.2 Å². The predicted octanol–water partition coefficient (Wildman–Crippen LogP) is 1.33. The van der Waals surface area contributed by atoms with Crippen molar-refractivity contribution in [3.05, 3.63) is 35.4 Å². The summed E-state index contributed by atoms with van der Waals surface area (Å²) in [5, 5.41) is 8.46. The summed E-state index contributed by atoms with van der Waals surface area (Å²) >= 11 is 0. The van der Waals surface area contributed by atoms with Gasteiger partial charge < -0.3 is 0 Å². The Balaban J connectivity index is 2.94. The summed E-state index contributed by atoms with van der Waals surface area (Å²) in [5.41, 5.74) is 1.10. The number of Topliss-reactive ketones (excluding diaryl/α,β-unsaturated/α-hetero) is 1. The third kappa shape index (κ3) is 1.73. The number of ketones is 1. The molecule has 0 aliphatic rings. The lowest BCUT2D eigenvalue weighted by atomic mass is 9.95. The fraction of sp³-hybridized carbons (Fsp3) is 0.111. The lowest BCUT2D eigenvalue weighted by molar-refractivity contribution is 0.101. The van der Waals surface area contributed by atoms with E-state index in [0.717, 1.165) is 0 Å². The fourth-order valence-electron chi connectivity index (χ4n) is 0.849. The van der Waals surface area contributed by atoms with Gasteiger partial charge in [-0.2, -0.15) is 5.26 Å². The molecule has 0 aliphatic carbocycles. The van der Waals surface area contributed by atoms with Gasteiger partial charge in [0.25, 0.3) is 0 Å². The molecule has 3 heteroatoms. The summed E-state index contributed by atoms with van der Waals surface area (Å²) in [4.78, 5) is 11.0. The van der Waals surface area contributed by atoms with Crippen LogP contribution in [0.3, 0.4) is 0 Å².